The highest BCUT2D eigenvalue weighted by atomic mass is 35.5. The summed E-state index contributed by atoms with van der Waals surface area (Å²) in [6.45, 7) is 1.95. The van der Waals surface area contributed by atoms with Crippen molar-refractivity contribution >= 4 is 30.9 Å². The van der Waals surface area contributed by atoms with Crippen LogP contribution in [0.5, 0.6) is 0 Å². The first-order valence-electron chi connectivity index (χ1n) is 5.10. The van der Waals surface area contributed by atoms with Gasteiger partial charge in [0, 0.05) is 24.8 Å². The normalized spacial score (nSPS) is 29.6. The lowest BCUT2D eigenvalue weighted by Gasteiger charge is -2.38. The number of rotatable bonds is 5. The summed E-state index contributed by atoms with van der Waals surface area (Å²) in [4.78, 5) is 0. The molecule has 1 heterocycles. The molecule has 1 atom stereocenters. The molecule has 0 aromatic heterocycles. The fourth-order valence-electron chi connectivity index (χ4n) is 1.40. The zero-order valence-electron chi connectivity index (χ0n) is 9.56. The fraction of sp³-hybridized carbons (Fsp3) is 1.00. The maximum atomic E-state index is 12.5. The zero-order chi connectivity index (χ0) is 12.2. The van der Waals surface area contributed by atoms with Crippen LogP contribution in [0.4, 0.5) is 0 Å². The summed E-state index contributed by atoms with van der Waals surface area (Å²) in [6.07, 6.45) is 0. The molecule has 1 rings (SSSR count). The lowest BCUT2D eigenvalue weighted by Crippen LogP contribution is -2.47. The third kappa shape index (κ3) is 3.84. The van der Waals surface area contributed by atoms with Crippen LogP contribution in [0.15, 0.2) is 0 Å². The molecule has 0 spiro atoms. The average Bonchev–Trinajstić information content (AvgIpc) is 2.15. The van der Waals surface area contributed by atoms with Crippen LogP contribution in [-0.4, -0.2) is 61.4 Å². The van der Waals surface area contributed by atoms with Crippen LogP contribution in [0.3, 0.4) is 0 Å². The molecule has 0 aliphatic carbocycles. The van der Waals surface area contributed by atoms with E-state index in [2.05, 4.69) is 0 Å². The number of quaternary nitrogens is 1. The number of hydroxylamine groups is 3. The summed E-state index contributed by atoms with van der Waals surface area (Å²) in [5.74, 6) is 0.724. The zero-order valence-corrected chi connectivity index (χ0v) is 12.0. The van der Waals surface area contributed by atoms with E-state index < -0.39 is 7.75 Å². The monoisotopic (exact) mass is 291 g/mol. The van der Waals surface area contributed by atoms with Gasteiger partial charge in [0.25, 0.3) is 0 Å². The van der Waals surface area contributed by atoms with E-state index >= 15 is 0 Å². The van der Waals surface area contributed by atoms with Gasteiger partial charge < -0.3 is 0 Å². The van der Waals surface area contributed by atoms with Crippen LogP contribution in [-0.2, 0) is 13.7 Å². The van der Waals surface area contributed by atoms with Gasteiger partial charge in [0.15, 0.2) is 0 Å². The molecule has 0 bridgehead atoms. The van der Waals surface area contributed by atoms with Crippen molar-refractivity contribution in [1.82, 2.24) is 4.67 Å². The van der Waals surface area contributed by atoms with Crippen molar-refractivity contribution in [1.29, 1.82) is 0 Å². The molecule has 0 aromatic rings. The molecule has 1 saturated heterocycles. The van der Waals surface area contributed by atoms with E-state index in [9.17, 15) is 4.57 Å². The third-order valence-corrected chi connectivity index (χ3v) is 4.83. The van der Waals surface area contributed by atoms with E-state index in [0.29, 0.717) is 38.0 Å². The van der Waals surface area contributed by atoms with E-state index in [0.717, 1.165) is 0 Å². The summed E-state index contributed by atoms with van der Waals surface area (Å²) in [7, 11) is 0.443. The van der Waals surface area contributed by atoms with Gasteiger partial charge in [-0.3, -0.25) is 4.52 Å². The van der Waals surface area contributed by atoms with Crippen LogP contribution in [0.1, 0.15) is 0 Å². The van der Waals surface area contributed by atoms with Gasteiger partial charge >= 0.3 is 7.75 Å². The van der Waals surface area contributed by atoms with E-state index in [-0.39, 0.29) is 4.65 Å². The minimum atomic E-state index is -3.24. The standard InChI is InChI=1S/C8H18Cl2N2O3P/c1-12(2)7-8-14-16(13,15-12)11(5-3-9)6-4-10/h3-8H2,1-2H3/q+1. The third-order valence-electron chi connectivity index (χ3n) is 2.24. The summed E-state index contributed by atoms with van der Waals surface area (Å²) in [5, 5.41) is 0. The topological polar surface area (TPSA) is 38.8 Å². The summed E-state index contributed by atoms with van der Waals surface area (Å²) in [5.41, 5.74) is 0. The Labute approximate surface area is 106 Å². The molecule has 8 heteroatoms. The molecule has 1 aliphatic heterocycles. The minimum Gasteiger partial charge on any atom is -0.287 e. The lowest BCUT2D eigenvalue weighted by molar-refractivity contribution is -1.06. The largest absolute Gasteiger partial charge is 0.455 e. The second kappa shape index (κ2) is 6.01. The number of hydrogen-bond acceptors (Lipinski definition) is 3. The molecule has 0 amide bonds. The molecule has 0 radical (unpaired) electrons. The van der Waals surface area contributed by atoms with Gasteiger partial charge in [0.1, 0.15) is 13.2 Å². The highest BCUT2D eigenvalue weighted by Crippen LogP contribution is 2.55. The number of hydrogen-bond donors (Lipinski definition) is 0. The quantitative estimate of drug-likeness (QED) is 0.441. The molecule has 96 valence electrons. The second-order valence-electron chi connectivity index (χ2n) is 4.01. The molecular formula is C8H18Cl2N2O3P+. The van der Waals surface area contributed by atoms with Gasteiger partial charge in [-0.05, 0) is 0 Å². The SMILES string of the molecule is C[N+]1(C)CCOP(=O)(N(CCCl)CCCl)O1. The van der Waals surface area contributed by atoms with Crippen molar-refractivity contribution in [2.45, 2.75) is 0 Å². The molecule has 1 fully saturated rings. The highest BCUT2D eigenvalue weighted by molar-refractivity contribution is 7.51. The van der Waals surface area contributed by atoms with E-state index in [1.807, 2.05) is 14.1 Å². The number of halogens is 2. The Morgan fingerprint density at radius 1 is 1.31 bits per heavy atom. The maximum absolute atomic E-state index is 12.5. The van der Waals surface area contributed by atoms with Gasteiger partial charge in [-0.1, -0.05) is 4.62 Å². The van der Waals surface area contributed by atoms with Crippen LogP contribution in [0, 0.1) is 0 Å². The fourth-order valence-corrected chi connectivity index (χ4v) is 4.00. The van der Waals surface area contributed by atoms with Crippen LogP contribution >= 0.6 is 30.9 Å². The molecule has 0 N–H and O–H groups in total. The predicted octanol–water partition coefficient (Wildman–Crippen LogP) is 1.91. The summed E-state index contributed by atoms with van der Waals surface area (Å²) < 4.78 is 25.1. The number of nitrogens with zero attached hydrogens (tertiary/aromatic N) is 2. The first-order valence-corrected chi connectivity index (χ1v) is 7.66. The number of likely N-dealkylation sites (N-methyl/N-ethyl adjacent to an activating group) is 1. The Morgan fingerprint density at radius 3 is 2.31 bits per heavy atom. The molecule has 0 saturated carbocycles. The second-order valence-corrected chi connectivity index (χ2v) is 6.69. The molecule has 0 aromatic carbocycles. The Hall–Kier alpha value is 0.650. The molecule has 5 nitrogen and oxygen atoms in total. The van der Waals surface area contributed by atoms with E-state index in [1.54, 1.807) is 4.67 Å². The van der Waals surface area contributed by atoms with Crippen molar-refractivity contribution < 1.29 is 18.4 Å². The smallest absolute Gasteiger partial charge is 0.287 e. The Morgan fingerprint density at radius 2 is 1.88 bits per heavy atom. The minimum absolute atomic E-state index is 0.221. The van der Waals surface area contributed by atoms with E-state index in [4.69, 9.17) is 32.4 Å². The van der Waals surface area contributed by atoms with Crippen LogP contribution < -0.4 is 0 Å². The Kier molecular flexibility index (Phi) is 5.52. The molecule has 1 unspecified atom stereocenters. The first kappa shape index (κ1) is 14.7. The van der Waals surface area contributed by atoms with Gasteiger partial charge in [-0.2, -0.15) is 4.65 Å². The number of alkyl halides is 2. The predicted molar refractivity (Wildman–Crippen MR) is 64.6 cm³/mol. The molecular weight excluding hydrogens is 274 g/mol. The van der Waals surface area contributed by atoms with Gasteiger partial charge in [-0.25, -0.2) is 9.24 Å². The lowest BCUT2D eigenvalue weighted by atomic mass is 10.6. The Balaban J connectivity index is 2.76. The van der Waals surface area contributed by atoms with Gasteiger partial charge in [-0.15, -0.1) is 23.2 Å². The van der Waals surface area contributed by atoms with Crippen LogP contribution in [0.2, 0.25) is 0 Å². The van der Waals surface area contributed by atoms with Crippen LogP contribution in [0.25, 0.3) is 0 Å². The van der Waals surface area contributed by atoms with Gasteiger partial charge in [0.2, 0.25) is 0 Å². The molecule has 1 aliphatic rings. The highest BCUT2D eigenvalue weighted by Gasteiger charge is 2.44. The van der Waals surface area contributed by atoms with Crippen molar-refractivity contribution in [3.05, 3.63) is 0 Å². The van der Waals surface area contributed by atoms with Crippen molar-refractivity contribution in [2.75, 3.05) is 52.1 Å². The van der Waals surface area contributed by atoms with Crippen molar-refractivity contribution in [2.24, 2.45) is 0 Å². The van der Waals surface area contributed by atoms with Crippen molar-refractivity contribution in [3.8, 4) is 0 Å². The molecule has 16 heavy (non-hydrogen) atoms. The van der Waals surface area contributed by atoms with Gasteiger partial charge in [0.05, 0.1) is 14.1 Å². The average molecular weight is 292 g/mol. The Bertz CT molecular complexity index is 272. The van der Waals surface area contributed by atoms with Crippen molar-refractivity contribution in [3.63, 3.8) is 0 Å². The summed E-state index contributed by atoms with van der Waals surface area (Å²) >= 11 is 11.3. The van der Waals surface area contributed by atoms with E-state index in [1.165, 1.54) is 0 Å². The summed E-state index contributed by atoms with van der Waals surface area (Å²) in [6, 6.07) is 0. The maximum Gasteiger partial charge on any atom is 0.455 e. The first-order chi connectivity index (χ1) is 7.43.